The largest absolute Gasteiger partial charge is 0.346 e. The monoisotopic (exact) mass is 248 g/mol. The fourth-order valence-corrected chi connectivity index (χ4v) is 2.49. The molecule has 1 N–H and O–H groups in total. The van der Waals surface area contributed by atoms with E-state index in [2.05, 4.69) is 6.92 Å². The molecule has 0 aliphatic carbocycles. The molecule has 1 atom stereocenters. The topological polar surface area (TPSA) is 37.3 Å². The third-order valence-corrected chi connectivity index (χ3v) is 3.78. The lowest BCUT2D eigenvalue weighted by Crippen LogP contribution is -1.83. The van der Waals surface area contributed by atoms with Crippen molar-refractivity contribution < 1.29 is 9.46 Å². The van der Waals surface area contributed by atoms with Gasteiger partial charge in [-0.05, 0) is 6.42 Å². The summed E-state index contributed by atoms with van der Waals surface area (Å²) in [6.45, 7) is 2.25. The van der Waals surface area contributed by atoms with Crippen molar-refractivity contribution in [2.24, 2.45) is 0 Å². The van der Waals surface area contributed by atoms with Crippen LogP contribution in [0.5, 0.6) is 0 Å². The summed E-state index contributed by atoms with van der Waals surface area (Å²) in [5, 5.41) is 0. The Balaban J connectivity index is 2.90. The van der Waals surface area contributed by atoms with Crippen LogP contribution in [0.15, 0.2) is 0 Å². The second kappa shape index (κ2) is 13.3. The molecular weight excluding hydrogens is 219 g/mol. The SMILES string of the molecule is CCCCCCCCCCCCC[PH](=O)O. The number of rotatable bonds is 12. The first-order valence-corrected chi connectivity index (χ1v) is 8.55. The second-order valence-corrected chi connectivity index (χ2v) is 5.97. The van der Waals surface area contributed by atoms with Crippen LogP contribution >= 0.6 is 8.03 Å². The van der Waals surface area contributed by atoms with Gasteiger partial charge < -0.3 is 4.89 Å². The van der Waals surface area contributed by atoms with Gasteiger partial charge in [0, 0.05) is 6.16 Å². The van der Waals surface area contributed by atoms with Crippen LogP contribution in [0.1, 0.15) is 77.6 Å². The van der Waals surface area contributed by atoms with E-state index in [-0.39, 0.29) is 0 Å². The molecule has 0 aliphatic heterocycles. The quantitative estimate of drug-likeness (QED) is 0.399. The van der Waals surface area contributed by atoms with Crippen LogP contribution in [0.4, 0.5) is 0 Å². The van der Waals surface area contributed by atoms with Gasteiger partial charge in [0.1, 0.15) is 0 Å². The maximum atomic E-state index is 10.4. The van der Waals surface area contributed by atoms with Crippen LogP contribution in [0.3, 0.4) is 0 Å². The zero-order chi connectivity index (χ0) is 12.1. The highest BCUT2D eigenvalue weighted by Gasteiger charge is 1.94. The molecule has 0 aromatic heterocycles. The molecule has 0 aromatic carbocycles. The lowest BCUT2D eigenvalue weighted by molar-refractivity contribution is 0.498. The summed E-state index contributed by atoms with van der Waals surface area (Å²) in [6.07, 6.45) is 14.8. The summed E-state index contributed by atoms with van der Waals surface area (Å²) in [7, 11) is -2.19. The molecule has 0 aromatic rings. The normalized spacial score (nSPS) is 12.9. The van der Waals surface area contributed by atoms with E-state index in [0.717, 1.165) is 12.8 Å². The van der Waals surface area contributed by atoms with Gasteiger partial charge in [-0.3, -0.25) is 4.57 Å². The minimum atomic E-state index is -2.19. The maximum absolute atomic E-state index is 10.4. The maximum Gasteiger partial charge on any atom is 0.189 e. The fraction of sp³-hybridized carbons (Fsp3) is 1.00. The van der Waals surface area contributed by atoms with Gasteiger partial charge in [-0.15, -0.1) is 0 Å². The Labute approximate surface area is 102 Å². The van der Waals surface area contributed by atoms with Crippen LogP contribution in [-0.4, -0.2) is 11.1 Å². The highest BCUT2D eigenvalue weighted by atomic mass is 31.1. The average molecular weight is 248 g/mol. The molecule has 16 heavy (non-hydrogen) atoms. The molecule has 1 unspecified atom stereocenters. The van der Waals surface area contributed by atoms with Gasteiger partial charge in [0.2, 0.25) is 0 Å². The van der Waals surface area contributed by atoms with Crippen molar-refractivity contribution in [3.8, 4) is 0 Å². The molecule has 0 aliphatic rings. The van der Waals surface area contributed by atoms with Crippen molar-refractivity contribution in [3.63, 3.8) is 0 Å². The number of hydrogen-bond acceptors (Lipinski definition) is 1. The molecule has 0 amide bonds. The summed E-state index contributed by atoms with van der Waals surface area (Å²) < 4.78 is 10.4. The number of hydrogen-bond donors (Lipinski definition) is 1. The zero-order valence-electron chi connectivity index (χ0n) is 10.8. The first-order chi connectivity index (χ1) is 7.77. The Bertz CT molecular complexity index is 160. The van der Waals surface area contributed by atoms with E-state index in [9.17, 15) is 4.57 Å². The Morgan fingerprint density at radius 3 is 1.50 bits per heavy atom. The minimum Gasteiger partial charge on any atom is -0.346 e. The molecule has 0 heterocycles. The van der Waals surface area contributed by atoms with E-state index < -0.39 is 8.03 Å². The lowest BCUT2D eigenvalue weighted by Gasteiger charge is -2.01. The van der Waals surface area contributed by atoms with Crippen molar-refractivity contribution in [1.82, 2.24) is 0 Å². The molecule has 0 saturated heterocycles. The number of unbranched alkanes of at least 4 members (excludes halogenated alkanes) is 10. The van der Waals surface area contributed by atoms with Gasteiger partial charge in [0.25, 0.3) is 0 Å². The van der Waals surface area contributed by atoms with Gasteiger partial charge in [0.05, 0.1) is 0 Å². The van der Waals surface area contributed by atoms with Crippen LogP contribution in [0, 0.1) is 0 Å². The molecule has 0 rings (SSSR count). The van der Waals surface area contributed by atoms with Gasteiger partial charge in [-0.2, -0.15) is 0 Å². The second-order valence-electron chi connectivity index (χ2n) is 4.68. The molecule has 0 saturated carbocycles. The van der Waals surface area contributed by atoms with E-state index in [1.165, 1.54) is 57.8 Å². The van der Waals surface area contributed by atoms with Gasteiger partial charge in [-0.25, -0.2) is 0 Å². The molecular formula is C13H29O2P. The summed E-state index contributed by atoms with van der Waals surface area (Å²) in [4.78, 5) is 8.64. The van der Waals surface area contributed by atoms with E-state index >= 15 is 0 Å². The molecule has 0 fully saturated rings. The summed E-state index contributed by atoms with van der Waals surface area (Å²) in [5.74, 6) is 0. The lowest BCUT2D eigenvalue weighted by atomic mass is 10.1. The van der Waals surface area contributed by atoms with Crippen LogP contribution < -0.4 is 0 Å². The smallest absolute Gasteiger partial charge is 0.189 e. The van der Waals surface area contributed by atoms with E-state index in [1.807, 2.05) is 0 Å². The molecule has 2 nitrogen and oxygen atoms in total. The zero-order valence-corrected chi connectivity index (χ0v) is 11.8. The predicted molar refractivity (Wildman–Crippen MR) is 72.5 cm³/mol. The van der Waals surface area contributed by atoms with E-state index in [4.69, 9.17) is 4.89 Å². The Hall–Kier alpha value is 0.190. The highest BCUT2D eigenvalue weighted by Crippen LogP contribution is 2.17. The third kappa shape index (κ3) is 14.2. The molecule has 0 radical (unpaired) electrons. The van der Waals surface area contributed by atoms with Crippen LogP contribution in [-0.2, 0) is 4.57 Å². The highest BCUT2D eigenvalue weighted by molar-refractivity contribution is 7.37. The van der Waals surface area contributed by atoms with Crippen LogP contribution in [0.25, 0.3) is 0 Å². The Kier molecular flexibility index (Phi) is 13.4. The summed E-state index contributed by atoms with van der Waals surface area (Å²) >= 11 is 0. The average Bonchev–Trinajstić information content (AvgIpc) is 2.25. The van der Waals surface area contributed by atoms with Crippen molar-refractivity contribution in [2.45, 2.75) is 77.6 Å². The summed E-state index contributed by atoms with van der Waals surface area (Å²) in [6, 6.07) is 0. The van der Waals surface area contributed by atoms with Crippen molar-refractivity contribution in [1.29, 1.82) is 0 Å². The standard InChI is InChI=1S/C13H29O2P/c1-2-3-4-5-6-7-8-9-10-11-12-13-16(14)15/h16H,2-13H2,1H3,(H,14,15). The Morgan fingerprint density at radius 2 is 1.12 bits per heavy atom. The van der Waals surface area contributed by atoms with Gasteiger partial charge in [-0.1, -0.05) is 71.1 Å². The van der Waals surface area contributed by atoms with E-state index in [1.54, 1.807) is 0 Å². The van der Waals surface area contributed by atoms with Crippen molar-refractivity contribution in [2.75, 3.05) is 6.16 Å². The van der Waals surface area contributed by atoms with Gasteiger partial charge >= 0.3 is 0 Å². The molecule has 0 spiro atoms. The first-order valence-electron chi connectivity index (χ1n) is 6.99. The predicted octanol–water partition coefficient (Wildman–Crippen LogP) is 4.76. The summed E-state index contributed by atoms with van der Waals surface area (Å²) in [5.41, 5.74) is 0. The minimum absolute atomic E-state index is 0.529. The van der Waals surface area contributed by atoms with Crippen molar-refractivity contribution in [3.05, 3.63) is 0 Å². The molecule has 3 heteroatoms. The Morgan fingerprint density at radius 1 is 0.750 bits per heavy atom. The fourth-order valence-electron chi connectivity index (χ4n) is 1.94. The molecule has 98 valence electrons. The molecule has 0 bridgehead atoms. The third-order valence-electron chi connectivity index (χ3n) is 2.99. The first kappa shape index (κ1) is 16.2. The van der Waals surface area contributed by atoms with Gasteiger partial charge in [0.15, 0.2) is 8.03 Å². The van der Waals surface area contributed by atoms with Crippen molar-refractivity contribution >= 4 is 8.03 Å². The van der Waals surface area contributed by atoms with E-state index in [0.29, 0.717) is 6.16 Å². The van der Waals surface area contributed by atoms with Crippen LogP contribution in [0.2, 0.25) is 0 Å².